The number of carbonyl (C=O) groups excluding carboxylic acids is 3. The second kappa shape index (κ2) is 10.2. The molecule has 0 radical (unpaired) electrons. The van der Waals surface area contributed by atoms with E-state index in [4.69, 9.17) is 21.1 Å². The minimum Gasteiger partial charge on any atom is -0.457 e. The summed E-state index contributed by atoms with van der Waals surface area (Å²) in [5.74, 6) is -0.832. The molecular formula is C28H17ClN2O7. The largest absolute Gasteiger partial charge is 0.457 e. The van der Waals surface area contributed by atoms with Gasteiger partial charge >= 0.3 is 5.97 Å². The standard InChI is InChI=1S/C28H17ClN2O7/c29-19-5-7-20(8-6-19)30-26(32)24-13-4-18(15-25(24)27(30)33)28(34)37-16-17-2-1-3-23(14-17)38-22-11-9-21(10-12-22)31(35)36/h1-15H,16H2. The van der Waals surface area contributed by atoms with Gasteiger partial charge in [0.1, 0.15) is 18.1 Å². The number of amides is 2. The van der Waals surface area contributed by atoms with Crippen molar-refractivity contribution in [2.45, 2.75) is 6.61 Å². The zero-order chi connectivity index (χ0) is 26.8. The summed E-state index contributed by atoms with van der Waals surface area (Å²) in [6.07, 6.45) is 0. The lowest BCUT2D eigenvalue weighted by molar-refractivity contribution is -0.384. The molecule has 0 aromatic heterocycles. The maximum absolute atomic E-state index is 13.0. The van der Waals surface area contributed by atoms with Gasteiger partial charge < -0.3 is 9.47 Å². The number of nitro groups is 1. The summed E-state index contributed by atoms with van der Waals surface area (Å²) in [6.45, 7) is -0.0723. The highest BCUT2D eigenvalue weighted by Gasteiger charge is 2.37. The molecule has 0 spiro atoms. The van der Waals surface area contributed by atoms with E-state index in [1.807, 2.05) is 0 Å². The van der Waals surface area contributed by atoms with E-state index in [1.54, 1.807) is 48.5 Å². The summed E-state index contributed by atoms with van der Waals surface area (Å²) in [7, 11) is 0. The summed E-state index contributed by atoms with van der Waals surface area (Å²) in [4.78, 5) is 49.8. The Kier molecular flexibility index (Phi) is 6.59. The monoisotopic (exact) mass is 528 g/mol. The molecule has 0 unspecified atom stereocenters. The van der Waals surface area contributed by atoms with Crippen LogP contribution in [-0.2, 0) is 11.3 Å². The first-order valence-corrected chi connectivity index (χ1v) is 11.6. The predicted molar refractivity (Wildman–Crippen MR) is 138 cm³/mol. The fourth-order valence-electron chi connectivity index (χ4n) is 3.90. The fraction of sp³-hybridized carbons (Fsp3) is 0.0357. The summed E-state index contributed by atoms with van der Waals surface area (Å²) >= 11 is 5.90. The molecule has 38 heavy (non-hydrogen) atoms. The number of nitro benzene ring substituents is 1. The fourth-order valence-corrected chi connectivity index (χ4v) is 4.02. The van der Waals surface area contributed by atoms with Crippen LogP contribution in [0.15, 0.2) is 91.0 Å². The minimum atomic E-state index is -0.667. The molecule has 4 aromatic carbocycles. The lowest BCUT2D eigenvalue weighted by Crippen LogP contribution is -2.29. The Labute approximate surface area is 220 Å². The lowest BCUT2D eigenvalue weighted by Gasteiger charge is -2.13. The van der Waals surface area contributed by atoms with Crippen molar-refractivity contribution in [3.8, 4) is 11.5 Å². The van der Waals surface area contributed by atoms with Crippen LogP contribution in [0.1, 0.15) is 36.6 Å². The molecule has 10 heteroatoms. The van der Waals surface area contributed by atoms with E-state index in [9.17, 15) is 24.5 Å². The number of ether oxygens (including phenoxy) is 2. The third kappa shape index (κ3) is 4.95. The van der Waals surface area contributed by atoms with Crippen molar-refractivity contribution in [3.63, 3.8) is 0 Å². The van der Waals surface area contributed by atoms with Gasteiger partial charge in [0.2, 0.25) is 0 Å². The molecule has 0 bridgehead atoms. The first-order valence-electron chi connectivity index (χ1n) is 11.3. The molecule has 0 saturated carbocycles. The molecule has 0 N–H and O–H groups in total. The number of fused-ring (bicyclic) bond motifs is 1. The molecule has 4 aromatic rings. The van der Waals surface area contributed by atoms with Gasteiger partial charge in [-0.05, 0) is 72.3 Å². The van der Waals surface area contributed by atoms with Crippen LogP contribution < -0.4 is 9.64 Å². The summed E-state index contributed by atoms with van der Waals surface area (Å²) in [5.41, 5.74) is 1.39. The van der Waals surface area contributed by atoms with E-state index in [2.05, 4.69) is 0 Å². The molecule has 188 valence electrons. The molecule has 9 nitrogen and oxygen atoms in total. The van der Waals surface area contributed by atoms with E-state index < -0.39 is 22.7 Å². The molecule has 0 saturated heterocycles. The molecule has 0 aliphatic carbocycles. The molecule has 1 aliphatic heterocycles. The smallest absolute Gasteiger partial charge is 0.338 e. The van der Waals surface area contributed by atoms with Crippen LogP contribution in [0.25, 0.3) is 0 Å². The number of carbonyl (C=O) groups is 3. The topological polar surface area (TPSA) is 116 Å². The number of hydrogen-bond acceptors (Lipinski definition) is 7. The molecular weight excluding hydrogens is 512 g/mol. The second-order valence-corrected chi connectivity index (χ2v) is 8.70. The maximum Gasteiger partial charge on any atom is 0.338 e. The van der Waals surface area contributed by atoms with Gasteiger partial charge in [-0.15, -0.1) is 0 Å². The van der Waals surface area contributed by atoms with Gasteiger partial charge in [-0.2, -0.15) is 0 Å². The number of nitrogens with zero attached hydrogens (tertiary/aromatic N) is 2. The third-order valence-corrected chi connectivity index (χ3v) is 6.01. The van der Waals surface area contributed by atoms with Crippen molar-refractivity contribution in [2.75, 3.05) is 4.90 Å². The third-order valence-electron chi connectivity index (χ3n) is 5.76. The molecule has 0 fully saturated rings. The van der Waals surface area contributed by atoms with Gasteiger partial charge in [-0.3, -0.25) is 19.7 Å². The Morgan fingerprint density at radius 1 is 0.842 bits per heavy atom. The Morgan fingerprint density at radius 3 is 2.26 bits per heavy atom. The average molecular weight is 529 g/mol. The number of esters is 1. The normalized spacial score (nSPS) is 12.3. The highest BCUT2D eigenvalue weighted by molar-refractivity contribution is 6.35. The van der Waals surface area contributed by atoms with E-state index in [1.165, 1.54) is 42.5 Å². The van der Waals surface area contributed by atoms with Crippen molar-refractivity contribution >= 4 is 40.8 Å². The Hall–Kier alpha value is -5.02. The van der Waals surface area contributed by atoms with Gasteiger partial charge in [-0.1, -0.05) is 23.7 Å². The number of imide groups is 1. The van der Waals surface area contributed by atoms with Gasteiger partial charge in [0.15, 0.2) is 0 Å². The highest BCUT2D eigenvalue weighted by Crippen LogP contribution is 2.30. The molecule has 1 aliphatic rings. The maximum atomic E-state index is 13.0. The average Bonchev–Trinajstić information content (AvgIpc) is 3.17. The van der Waals surface area contributed by atoms with Crippen LogP contribution in [0.4, 0.5) is 11.4 Å². The van der Waals surface area contributed by atoms with Crippen LogP contribution in [-0.4, -0.2) is 22.7 Å². The van der Waals surface area contributed by atoms with E-state index in [0.717, 1.165) is 4.90 Å². The molecule has 2 amide bonds. The first kappa shape index (κ1) is 24.7. The van der Waals surface area contributed by atoms with Crippen LogP contribution in [0.2, 0.25) is 5.02 Å². The predicted octanol–water partition coefficient (Wildman–Crippen LogP) is 6.20. The zero-order valence-corrected chi connectivity index (χ0v) is 20.3. The second-order valence-electron chi connectivity index (χ2n) is 8.26. The summed E-state index contributed by atoms with van der Waals surface area (Å²) < 4.78 is 11.1. The van der Waals surface area contributed by atoms with Crippen LogP contribution in [0.5, 0.6) is 11.5 Å². The SMILES string of the molecule is O=C(OCc1cccc(Oc2ccc([N+](=O)[O-])cc2)c1)c1ccc2c(c1)C(=O)N(c1ccc(Cl)cc1)C2=O. The zero-order valence-electron chi connectivity index (χ0n) is 19.5. The summed E-state index contributed by atoms with van der Waals surface area (Å²) in [5, 5.41) is 11.3. The van der Waals surface area contributed by atoms with Gasteiger partial charge in [-0.25, -0.2) is 9.69 Å². The van der Waals surface area contributed by atoms with Crippen molar-refractivity contribution in [1.29, 1.82) is 0 Å². The quantitative estimate of drug-likeness (QED) is 0.121. The van der Waals surface area contributed by atoms with Crippen molar-refractivity contribution in [1.82, 2.24) is 0 Å². The molecule has 1 heterocycles. The highest BCUT2D eigenvalue weighted by atomic mass is 35.5. The van der Waals surface area contributed by atoms with Crippen LogP contribution in [0, 0.1) is 10.1 Å². The minimum absolute atomic E-state index is 0.0479. The van der Waals surface area contributed by atoms with Gasteiger partial charge in [0.05, 0.1) is 27.3 Å². The number of benzene rings is 4. The Morgan fingerprint density at radius 2 is 1.55 bits per heavy atom. The first-order chi connectivity index (χ1) is 18.3. The number of non-ortho nitro benzene ring substituents is 1. The van der Waals surface area contributed by atoms with E-state index in [-0.39, 0.29) is 29.0 Å². The van der Waals surface area contributed by atoms with Crippen LogP contribution >= 0.6 is 11.6 Å². The van der Waals surface area contributed by atoms with Crippen LogP contribution in [0.3, 0.4) is 0 Å². The van der Waals surface area contributed by atoms with E-state index >= 15 is 0 Å². The Bertz CT molecular complexity index is 1580. The van der Waals surface area contributed by atoms with Gasteiger partial charge in [0, 0.05) is 17.2 Å². The van der Waals surface area contributed by atoms with E-state index in [0.29, 0.717) is 27.8 Å². The number of halogens is 1. The number of rotatable bonds is 7. The molecule has 5 rings (SSSR count). The van der Waals surface area contributed by atoms with Crippen molar-refractivity contribution in [2.24, 2.45) is 0 Å². The van der Waals surface area contributed by atoms with Gasteiger partial charge in [0.25, 0.3) is 17.5 Å². The van der Waals surface area contributed by atoms with Crippen molar-refractivity contribution < 1.29 is 28.8 Å². The van der Waals surface area contributed by atoms with Crippen molar-refractivity contribution in [3.05, 3.63) is 128 Å². The molecule has 0 atom stereocenters. The summed E-state index contributed by atoms with van der Waals surface area (Å²) in [6, 6.07) is 23.0. The number of hydrogen-bond donors (Lipinski definition) is 0. The number of anilines is 1. The lowest BCUT2D eigenvalue weighted by atomic mass is 10.1. The Balaban J connectivity index is 1.26.